The van der Waals surface area contributed by atoms with Crippen molar-refractivity contribution >= 4 is 11.9 Å². The Labute approximate surface area is 96.0 Å². The number of nitrogens with zero attached hydrogens (tertiary/aromatic N) is 1. The molecule has 0 bridgehead atoms. The fraction of sp³-hybridized carbons (Fsp3) is 0.444. The lowest BCUT2D eigenvalue weighted by atomic mass is 10.1. The van der Waals surface area contributed by atoms with Crippen LogP contribution in [-0.2, 0) is 11.2 Å². The van der Waals surface area contributed by atoms with Gasteiger partial charge in [0, 0.05) is 6.42 Å². The van der Waals surface area contributed by atoms with E-state index in [1.807, 2.05) is 0 Å². The molecule has 0 saturated carbocycles. The van der Waals surface area contributed by atoms with Crippen LogP contribution in [-0.4, -0.2) is 40.0 Å². The lowest BCUT2D eigenvalue weighted by Gasteiger charge is -2.06. The highest BCUT2D eigenvalue weighted by atomic mass is 16.5. The van der Waals surface area contributed by atoms with Crippen molar-refractivity contribution in [3.05, 3.63) is 11.3 Å². The van der Waals surface area contributed by atoms with E-state index in [1.165, 1.54) is 0 Å². The predicted molar refractivity (Wildman–Crippen MR) is 53.9 cm³/mol. The Bertz CT molecular complexity index is 427. The Kier molecular flexibility index (Phi) is 4.05. The number of aliphatic carboxylic acids is 1. The third kappa shape index (κ3) is 2.94. The van der Waals surface area contributed by atoms with E-state index in [4.69, 9.17) is 20.7 Å². The molecule has 0 saturated heterocycles. The van der Waals surface area contributed by atoms with Crippen LogP contribution in [0.15, 0.2) is 4.52 Å². The summed E-state index contributed by atoms with van der Waals surface area (Å²) in [7, 11) is 0. The van der Waals surface area contributed by atoms with Gasteiger partial charge in [-0.05, 0) is 12.1 Å². The van der Waals surface area contributed by atoms with E-state index in [0.717, 1.165) is 0 Å². The monoisotopic (exact) mass is 244 g/mol. The summed E-state index contributed by atoms with van der Waals surface area (Å²) in [6.45, 7) is 1.93. The number of carboxylic acids is 2. The van der Waals surface area contributed by atoms with Crippen molar-refractivity contribution in [2.24, 2.45) is 5.73 Å². The molecule has 0 aliphatic rings. The molecule has 4 N–H and O–H groups in total. The Balaban J connectivity index is 3.03. The molecule has 1 aromatic rings. The Hall–Kier alpha value is -2.09. The number of aromatic carboxylic acids is 1. The van der Waals surface area contributed by atoms with Gasteiger partial charge in [-0.3, -0.25) is 4.79 Å². The molecular weight excluding hydrogens is 232 g/mol. The highest BCUT2D eigenvalue weighted by Gasteiger charge is 2.26. The number of hydrogen-bond donors (Lipinski definition) is 3. The summed E-state index contributed by atoms with van der Waals surface area (Å²) in [4.78, 5) is 21.4. The summed E-state index contributed by atoms with van der Waals surface area (Å²) in [6.07, 6.45) is -0.226. The molecule has 94 valence electrons. The SMILES string of the molecule is CCOc1noc(C(=O)O)c1C[C@@H](N)C(=O)O. The smallest absolute Gasteiger partial charge is 0.375 e. The maximum Gasteiger partial charge on any atom is 0.375 e. The van der Waals surface area contributed by atoms with E-state index in [2.05, 4.69) is 9.68 Å². The van der Waals surface area contributed by atoms with Gasteiger partial charge in [0.05, 0.1) is 12.2 Å². The standard InChI is InChI=1S/C9H12N2O6/c1-2-16-7-4(3-5(10)8(12)13)6(9(14)15)17-11-7/h5H,2-3,10H2,1H3,(H,12,13)(H,14,15)/t5-/m1/s1. The lowest BCUT2D eigenvalue weighted by Crippen LogP contribution is -2.32. The fourth-order valence-corrected chi connectivity index (χ4v) is 1.20. The van der Waals surface area contributed by atoms with Crippen molar-refractivity contribution in [3.8, 4) is 5.88 Å². The average molecular weight is 244 g/mol. The van der Waals surface area contributed by atoms with Gasteiger partial charge in [0.2, 0.25) is 0 Å². The minimum Gasteiger partial charge on any atom is -0.480 e. The van der Waals surface area contributed by atoms with Gasteiger partial charge < -0.3 is 25.2 Å². The van der Waals surface area contributed by atoms with Crippen molar-refractivity contribution < 1.29 is 29.1 Å². The topological polar surface area (TPSA) is 136 Å². The van der Waals surface area contributed by atoms with E-state index in [9.17, 15) is 9.59 Å². The van der Waals surface area contributed by atoms with Crippen molar-refractivity contribution in [2.45, 2.75) is 19.4 Å². The normalized spacial score (nSPS) is 12.1. The fourth-order valence-electron chi connectivity index (χ4n) is 1.20. The van der Waals surface area contributed by atoms with Crippen LogP contribution in [0.25, 0.3) is 0 Å². The van der Waals surface area contributed by atoms with Gasteiger partial charge >= 0.3 is 11.9 Å². The zero-order chi connectivity index (χ0) is 13.0. The maximum absolute atomic E-state index is 10.8. The second-order valence-electron chi connectivity index (χ2n) is 3.18. The summed E-state index contributed by atoms with van der Waals surface area (Å²) in [5.74, 6) is -3.09. The second-order valence-corrected chi connectivity index (χ2v) is 3.18. The third-order valence-corrected chi connectivity index (χ3v) is 1.97. The number of rotatable bonds is 6. The quantitative estimate of drug-likeness (QED) is 0.621. The predicted octanol–water partition coefficient (Wildman–Crippen LogP) is -0.274. The van der Waals surface area contributed by atoms with Gasteiger partial charge in [-0.2, -0.15) is 0 Å². The molecule has 1 aromatic heterocycles. The van der Waals surface area contributed by atoms with Crippen LogP contribution >= 0.6 is 0 Å². The van der Waals surface area contributed by atoms with Crippen LogP contribution in [0.1, 0.15) is 23.0 Å². The molecular formula is C9H12N2O6. The van der Waals surface area contributed by atoms with Gasteiger partial charge in [0.25, 0.3) is 11.6 Å². The van der Waals surface area contributed by atoms with E-state index < -0.39 is 23.7 Å². The van der Waals surface area contributed by atoms with Gasteiger partial charge in [-0.15, -0.1) is 0 Å². The van der Waals surface area contributed by atoms with Crippen molar-refractivity contribution in [3.63, 3.8) is 0 Å². The summed E-state index contributed by atoms with van der Waals surface area (Å²) in [5, 5.41) is 20.9. The molecule has 0 fully saturated rings. The first kappa shape index (κ1) is 13.0. The molecule has 1 atom stereocenters. The van der Waals surface area contributed by atoms with E-state index in [1.54, 1.807) is 6.92 Å². The first-order valence-electron chi connectivity index (χ1n) is 4.80. The van der Waals surface area contributed by atoms with Gasteiger partial charge in [-0.25, -0.2) is 4.79 Å². The first-order chi connectivity index (χ1) is 7.97. The molecule has 8 nitrogen and oxygen atoms in total. The van der Waals surface area contributed by atoms with Gasteiger partial charge in [-0.1, -0.05) is 0 Å². The molecule has 0 aliphatic carbocycles. The Morgan fingerprint density at radius 1 is 1.53 bits per heavy atom. The van der Waals surface area contributed by atoms with Gasteiger partial charge in [0.1, 0.15) is 6.04 Å². The number of aromatic nitrogens is 1. The van der Waals surface area contributed by atoms with Crippen LogP contribution in [0.3, 0.4) is 0 Å². The highest BCUT2D eigenvalue weighted by molar-refractivity contribution is 5.87. The average Bonchev–Trinajstić information content (AvgIpc) is 2.62. The molecule has 0 amide bonds. The molecule has 0 aliphatic heterocycles. The molecule has 1 heterocycles. The maximum atomic E-state index is 10.8. The van der Waals surface area contributed by atoms with E-state index in [0.29, 0.717) is 0 Å². The number of ether oxygens (including phenoxy) is 1. The largest absolute Gasteiger partial charge is 0.480 e. The number of nitrogens with two attached hydrogens (primary N) is 1. The molecule has 17 heavy (non-hydrogen) atoms. The van der Waals surface area contributed by atoms with Crippen molar-refractivity contribution in [1.29, 1.82) is 0 Å². The minimum atomic E-state index is -1.35. The molecule has 8 heteroatoms. The number of carbonyl (C=O) groups is 2. The summed E-state index contributed by atoms with van der Waals surface area (Å²) < 4.78 is 9.60. The van der Waals surface area contributed by atoms with Crippen molar-refractivity contribution in [2.75, 3.05) is 6.61 Å². The molecule has 0 spiro atoms. The van der Waals surface area contributed by atoms with Crippen LogP contribution in [0.2, 0.25) is 0 Å². The second kappa shape index (κ2) is 5.30. The summed E-state index contributed by atoms with van der Waals surface area (Å²) in [6, 6.07) is -1.24. The summed E-state index contributed by atoms with van der Waals surface area (Å²) in [5.41, 5.74) is 5.37. The van der Waals surface area contributed by atoms with Crippen LogP contribution in [0.5, 0.6) is 5.88 Å². The zero-order valence-corrected chi connectivity index (χ0v) is 9.04. The van der Waals surface area contributed by atoms with E-state index >= 15 is 0 Å². The molecule has 0 radical (unpaired) electrons. The van der Waals surface area contributed by atoms with Gasteiger partial charge in [0.15, 0.2) is 0 Å². The first-order valence-corrected chi connectivity index (χ1v) is 4.80. The van der Waals surface area contributed by atoms with Crippen LogP contribution < -0.4 is 10.5 Å². The molecule has 1 rings (SSSR count). The van der Waals surface area contributed by atoms with Crippen molar-refractivity contribution in [1.82, 2.24) is 5.16 Å². The Morgan fingerprint density at radius 2 is 2.18 bits per heavy atom. The van der Waals surface area contributed by atoms with Crippen LogP contribution in [0, 0.1) is 0 Å². The summed E-state index contributed by atoms with van der Waals surface area (Å²) >= 11 is 0. The van der Waals surface area contributed by atoms with E-state index in [-0.39, 0.29) is 24.5 Å². The minimum absolute atomic E-state index is 0.0402. The number of carboxylic acid groups (broad SMARTS) is 2. The lowest BCUT2D eigenvalue weighted by molar-refractivity contribution is -0.138. The Morgan fingerprint density at radius 3 is 2.65 bits per heavy atom. The molecule has 0 unspecified atom stereocenters. The molecule has 0 aromatic carbocycles. The third-order valence-electron chi connectivity index (χ3n) is 1.97. The highest BCUT2D eigenvalue weighted by Crippen LogP contribution is 2.23. The zero-order valence-electron chi connectivity index (χ0n) is 9.04. The number of hydrogen-bond acceptors (Lipinski definition) is 6. The van der Waals surface area contributed by atoms with Crippen LogP contribution in [0.4, 0.5) is 0 Å².